The molecule has 4 heteroatoms. The van der Waals surface area contributed by atoms with Gasteiger partial charge in [-0.05, 0) is 32.4 Å². The summed E-state index contributed by atoms with van der Waals surface area (Å²) in [6, 6.07) is 8.47. The summed E-state index contributed by atoms with van der Waals surface area (Å²) >= 11 is 0. The second-order valence-corrected chi connectivity index (χ2v) is 5.26. The fourth-order valence-corrected chi connectivity index (χ4v) is 2.39. The maximum atomic E-state index is 4.65. The summed E-state index contributed by atoms with van der Waals surface area (Å²) in [4.78, 5) is 11.3. The first-order chi connectivity index (χ1) is 10.0. The number of nitrogens with zero attached hydrogens (tertiary/aromatic N) is 3. The predicted molar refractivity (Wildman–Crippen MR) is 89.6 cm³/mol. The molecule has 0 saturated carbocycles. The number of benzene rings is 1. The molecule has 0 unspecified atom stereocenters. The van der Waals surface area contributed by atoms with Gasteiger partial charge in [0.1, 0.15) is 17.5 Å². The van der Waals surface area contributed by atoms with Crippen molar-refractivity contribution in [2.75, 3.05) is 23.8 Å². The molecule has 2 rings (SSSR count). The highest BCUT2D eigenvalue weighted by Gasteiger charge is 2.11. The highest BCUT2D eigenvalue weighted by molar-refractivity contribution is 5.65. The molecule has 0 atom stereocenters. The Balaban J connectivity index is 2.41. The molecule has 0 bridgehead atoms. The van der Waals surface area contributed by atoms with Crippen molar-refractivity contribution in [2.24, 2.45) is 0 Å². The zero-order chi connectivity index (χ0) is 15.4. The van der Waals surface area contributed by atoms with Gasteiger partial charge in [0.2, 0.25) is 0 Å². The lowest BCUT2D eigenvalue weighted by molar-refractivity contribution is 0.922. The molecule has 0 spiro atoms. The van der Waals surface area contributed by atoms with Crippen molar-refractivity contribution in [1.82, 2.24) is 9.97 Å². The molecule has 0 fully saturated rings. The normalized spacial score (nSPS) is 10.5. The van der Waals surface area contributed by atoms with Crippen LogP contribution in [0.1, 0.15) is 30.8 Å². The predicted octanol–water partition coefficient (Wildman–Crippen LogP) is 3.86. The fraction of sp³-hybridized carbons (Fsp3) is 0.412. The zero-order valence-electron chi connectivity index (χ0n) is 13.6. The van der Waals surface area contributed by atoms with Crippen molar-refractivity contribution in [1.29, 1.82) is 0 Å². The minimum atomic E-state index is 0.826. The van der Waals surface area contributed by atoms with E-state index in [-0.39, 0.29) is 0 Å². The minimum Gasteiger partial charge on any atom is -0.370 e. The Morgan fingerprint density at radius 3 is 2.48 bits per heavy atom. The molecule has 0 amide bonds. The van der Waals surface area contributed by atoms with Crippen LogP contribution in [0.2, 0.25) is 0 Å². The summed E-state index contributed by atoms with van der Waals surface area (Å²) < 4.78 is 0. The van der Waals surface area contributed by atoms with Crippen LogP contribution in [-0.2, 0) is 6.42 Å². The van der Waals surface area contributed by atoms with Crippen LogP contribution >= 0.6 is 0 Å². The minimum absolute atomic E-state index is 0.826. The number of hydrogen-bond donors (Lipinski definition) is 1. The van der Waals surface area contributed by atoms with Crippen LogP contribution in [0, 0.1) is 13.8 Å². The Bertz CT molecular complexity index is 622. The van der Waals surface area contributed by atoms with Gasteiger partial charge in [0, 0.05) is 31.8 Å². The van der Waals surface area contributed by atoms with Gasteiger partial charge >= 0.3 is 0 Å². The Kier molecular flexibility index (Phi) is 4.78. The van der Waals surface area contributed by atoms with E-state index in [0.29, 0.717) is 0 Å². The van der Waals surface area contributed by atoms with Crippen LogP contribution in [0.25, 0.3) is 0 Å². The standard InChI is InChI=1S/C17H24N4/c1-6-15-19-16(18-7-2)11-17(20-15)21(5)14-9-8-12(3)10-13(14)4/h8-11H,6-7H2,1-5H3,(H,18,19,20). The summed E-state index contributed by atoms with van der Waals surface area (Å²) in [5.41, 5.74) is 3.69. The van der Waals surface area contributed by atoms with Crippen LogP contribution < -0.4 is 10.2 Å². The molecule has 21 heavy (non-hydrogen) atoms. The van der Waals surface area contributed by atoms with Crippen molar-refractivity contribution in [2.45, 2.75) is 34.1 Å². The number of nitrogens with one attached hydrogen (secondary N) is 1. The number of aryl methyl sites for hydroxylation is 3. The molecule has 0 aliphatic heterocycles. The van der Waals surface area contributed by atoms with Crippen molar-refractivity contribution in [3.05, 3.63) is 41.2 Å². The van der Waals surface area contributed by atoms with E-state index in [9.17, 15) is 0 Å². The smallest absolute Gasteiger partial charge is 0.138 e. The molecule has 0 aliphatic rings. The third-order valence-electron chi connectivity index (χ3n) is 3.49. The van der Waals surface area contributed by atoms with Gasteiger partial charge in [-0.1, -0.05) is 24.6 Å². The largest absolute Gasteiger partial charge is 0.370 e. The second-order valence-electron chi connectivity index (χ2n) is 5.26. The number of aromatic nitrogens is 2. The lowest BCUT2D eigenvalue weighted by Gasteiger charge is -2.22. The molecule has 1 N–H and O–H groups in total. The summed E-state index contributed by atoms with van der Waals surface area (Å²) in [7, 11) is 2.05. The molecule has 4 nitrogen and oxygen atoms in total. The highest BCUT2D eigenvalue weighted by atomic mass is 15.2. The molecule has 1 aromatic heterocycles. The Morgan fingerprint density at radius 1 is 1.10 bits per heavy atom. The molecule has 1 aromatic carbocycles. The monoisotopic (exact) mass is 284 g/mol. The van der Waals surface area contributed by atoms with Gasteiger partial charge in [-0.15, -0.1) is 0 Å². The van der Waals surface area contributed by atoms with Gasteiger partial charge < -0.3 is 10.2 Å². The van der Waals surface area contributed by atoms with Gasteiger partial charge in [-0.3, -0.25) is 0 Å². The van der Waals surface area contributed by atoms with Crippen LogP contribution in [0.15, 0.2) is 24.3 Å². The Morgan fingerprint density at radius 2 is 1.86 bits per heavy atom. The Labute approximate surface area is 127 Å². The Hall–Kier alpha value is -2.10. The molecular weight excluding hydrogens is 260 g/mol. The highest BCUT2D eigenvalue weighted by Crippen LogP contribution is 2.27. The maximum Gasteiger partial charge on any atom is 0.138 e. The molecule has 0 aliphatic carbocycles. The van der Waals surface area contributed by atoms with Gasteiger partial charge in [0.05, 0.1) is 0 Å². The van der Waals surface area contributed by atoms with E-state index in [1.165, 1.54) is 16.8 Å². The van der Waals surface area contributed by atoms with E-state index in [1.807, 2.05) is 6.07 Å². The first-order valence-corrected chi connectivity index (χ1v) is 7.48. The third kappa shape index (κ3) is 3.51. The number of rotatable bonds is 5. The summed E-state index contributed by atoms with van der Waals surface area (Å²) in [6.07, 6.45) is 0.826. The average Bonchev–Trinajstić information content (AvgIpc) is 2.46. The summed E-state index contributed by atoms with van der Waals surface area (Å²) in [6.45, 7) is 9.24. The second kappa shape index (κ2) is 6.57. The van der Waals surface area contributed by atoms with Crippen LogP contribution in [0.3, 0.4) is 0 Å². The van der Waals surface area contributed by atoms with Crippen molar-refractivity contribution >= 4 is 17.3 Å². The molecular formula is C17H24N4. The lowest BCUT2D eigenvalue weighted by Crippen LogP contribution is -2.15. The molecule has 0 saturated heterocycles. The van der Waals surface area contributed by atoms with Crippen molar-refractivity contribution in [3.63, 3.8) is 0 Å². The quantitative estimate of drug-likeness (QED) is 0.905. The topological polar surface area (TPSA) is 41.0 Å². The lowest BCUT2D eigenvalue weighted by atomic mass is 10.1. The van der Waals surface area contributed by atoms with Gasteiger partial charge in [-0.2, -0.15) is 0 Å². The van der Waals surface area contributed by atoms with Gasteiger partial charge in [0.25, 0.3) is 0 Å². The SMILES string of the molecule is CCNc1cc(N(C)c2ccc(C)cc2C)nc(CC)n1. The first kappa shape index (κ1) is 15.3. The maximum absolute atomic E-state index is 4.65. The van der Waals surface area contributed by atoms with Crippen LogP contribution in [0.5, 0.6) is 0 Å². The van der Waals surface area contributed by atoms with E-state index < -0.39 is 0 Å². The van der Waals surface area contributed by atoms with E-state index in [4.69, 9.17) is 0 Å². The number of anilines is 3. The molecule has 1 heterocycles. The average molecular weight is 284 g/mol. The number of hydrogen-bond acceptors (Lipinski definition) is 4. The third-order valence-corrected chi connectivity index (χ3v) is 3.49. The van der Waals surface area contributed by atoms with E-state index in [0.717, 1.165) is 30.4 Å². The molecule has 2 aromatic rings. The van der Waals surface area contributed by atoms with Crippen molar-refractivity contribution < 1.29 is 0 Å². The van der Waals surface area contributed by atoms with Gasteiger partial charge in [0.15, 0.2) is 0 Å². The summed E-state index contributed by atoms with van der Waals surface area (Å²) in [5, 5.41) is 3.27. The van der Waals surface area contributed by atoms with Crippen molar-refractivity contribution in [3.8, 4) is 0 Å². The summed E-state index contributed by atoms with van der Waals surface area (Å²) in [5.74, 6) is 2.67. The molecule has 0 radical (unpaired) electrons. The van der Waals surface area contributed by atoms with Crippen LogP contribution in [-0.4, -0.2) is 23.6 Å². The zero-order valence-corrected chi connectivity index (χ0v) is 13.6. The van der Waals surface area contributed by atoms with E-state index in [1.54, 1.807) is 0 Å². The van der Waals surface area contributed by atoms with Crippen LogP contribution in [0.4, 0.5) is 17.3 Å². The first-order valence-electron chi connectivity index (χ1n) is 7.48. The fourth-order valence-electron chi connectivity index (χ4n) is 2.39. The van der Waals surface area contributed by atoms with E-state index in [2.05, 4.69) is 73.1 Å². The van der Waals surface area contributed by atoms with E-state index >= 15 is 0 Å². The molecule has 112 valence electrons. The van der Waals surface area contributed by atoms with Gasteiger partial charge in [-0.25, -0.2) is 9.97 Å².